The predicted molar refractivity (Wildman–Crippen MR) is 36.5 cm³/mol. The largest absolute Gasteiger partial charge is 0.450 e. The van der Waals surface area contributed by atoms with Crippen molar-refractivity contribution in [1.82, 2.24) is 0 Å². The third-order valence-electron chi connectivity index (χ3n) is 1.58. The molecule has 1 aliphatic heterocycles. The summed E-state index contributed by atoms with van der Waals surface area (Å²) in [5.41, 5.74) is 0. The molecule has 5 heteroatoms. The Kier molecular flexibility index (Phi) is 2.47. The van der Waals surface area contributed by atoms with Crippen molar-refractivity contribution >= 4 is 17.5 Å². The lowest BCUT2D eigenvalue weighted by molar-refractivity contribution is -0.174. The van der Waals surface area contributed by atoms with Gasteiger partial charge in [0.25, 0.3) is 0 Å². The molecular weight excluding hydrogens is 177 g/mol. The number of halogens is 3. The van der Waals surface area contributed by atoms with Crippen LogP contribution in [-0.4, -0.2) is 23.5 Å². The van der Waals surface area contributed by atoms with E-state index in [2.05, 4.69) is 0 Å². The van der Waals surface area contributed by atoms with Crippen LogP contribution in [0.5, 0.6) is 0 Å². The molecule has 0 radical (unpaired) electrons. The van der Waals surface area contributed by atoms with Crippen LogP contribution in [0.1, 0.15) is 6.42 Å². The lowest BCUT2D eigenvalue weighted by atomic mass is 10.0. The molecule has 0 spiro atoms. The monoisotopic (exact) mass is 184 g/mol. The second-order valence-corrected chi connectivity index (χ2v) is 3.57. The lowest BCUT2D eigenvalue weighted by Crippen LogP contribution is -2.30. The van der Waals surface area contributed by atoms with Gasteiger partial charge in [0.1, 0.15) is 0 Å². The number of hydrogen-bond donors (Lipinski definition) is 0. The summed E-state index contributed by atoms with van der Waals surface area (Å²) in [5.74, 6) is -1.33. The van der Waals surface area contributed by atoms with Crippen molar-refractivity contribution in [3.05, 3.63) is 0 Å². The van der Waals surface area contributed by atoms with Crippen LogP contribution < -0.4 is 0 Å². The molecule has 1 nitrogen and oxygen atoms in total. The number of alkyl halides is 3. The maximum Gasteiger partial charge on any atom is 0.450 e. The number of ketones is 1. The van der Waals surface area contributed by atoms with Crippen molar-refractivity contribution in [2.75, 3.05) is 11.5 Å². The Morgan fingerprint density at radius 1 is 1.45 bits per heavy atom. The fraction of sp³-hybridized carbons (Fsp3) is 0.833. The van der Waals surface area contributed by atoms with Gasteiger partial charge in [-0.3, -0.25) is 4.79 Å². The first kappa shape index (κ1) is 8.90. The summed E-state index contributed by atoms with van der Waals surface area (Å²) in [6.45, 7) is 0. The van der Waals surface area contributed by atoms with Gasteiger partial charge in [-0.05, 0) is 12.2 Å². The first-order valence-electron chi connectivity index (χ1n) is 3.20. The van der Waals surface area contributed by atoms with E-state index in [0.717, 1.165) is 0 Å². The summed E-state index contributed by atoms with van der Waals surface area (Å²) in [7, 11) is 0. The smallest absolute Gasteiger partial charge is 0.289 e. The normalized spacial score (nSPS) is 25.5. The average Bonchev–Trinajstić information content (AvgIpc) is 2.34. The minimum atomic E-state index is -4.63. The number of hydrogen-bond acceptors (Lipinski definition) is 2. The molecule has 1 fully saturated rings. The average molecular weight is 184 g/mol. The molecule has 0 saturated carbocycles. The van der Waals surface area contributed by atoms with Crippen LogP contribution in [-0.2, 0) is 4.79 Å². The molecule has 0 N–H and O–H groups in total. The van der Waals surface area contributed by atoms with Gasteiger partial charge in [-0.15, -0.1) is 0 Å². The van der Waals surface area contributed by atoms with Crippen molar-refractivity contribution in [3.8, 4) is 0 Å². The molecule has 0 aromatic carbocycles. The van der Waals surface area contributed by atoms with E-state index in [1.807, 2.05) is 0 Å². The lowest BCUT2D eigenvalue weighted by Gasteiger charge is -2.09. The van der Waals surface area contributed by atoms with E-state index >= 15 is 0 Å². The molecule has 1 atom stereocenters. The van der Waals surface area contributed by atoms with Crippen LogP contribution in [0, 0.1) is 5.92 Å². The quantitative estimate of drug-likeness (QED) is 0.618. The van der Waals surface area contributed by atoms with Gasteiger partial charge in [0.2, 0.25) is 5.78 Å². The van der Waals surface area contributed by atoms with Gasteiger partial charge in [-0.2, -0.15) is 24.9 Å². The Labute approximate surface area is 66.3 Å². The number of rotatable bonds is 1. The van der Waals surface area contributed by atoms with E-state index in [-0.39, 0.29) is 0 Å². The van der Waals surface area contributed by atoms with E-state index in [9.17, 15) is 18.0 Å². The zero-order valence-electron chi connectivity index (χ0n) is 5.65. The Balaban J connectivity index is 2.53. The van der Waals surface area contributed by atoms with Gasteiger partial charge < -0.3 is 0 Å². The predicted octanol–water partition coefficient (Wildman–Crippen LogP) is 1.87. The van der Waals surface area contributed by atoms with E-state index in [1.54, 1.807) is 0 Å². The second kappa shape index (κ2) is 3.05. The molecule has 1 saturated heterocycles. The first-order chi connectivity index (χ1) is 5.02. The topological polar surface area (TPSA) is 17.1 Å². The highest BCUT2D eigenvalue weighted by molar-refractivity contribution is 7.99. The van der Waals surface area contributed by atoms with Gasteiger partial charge in [-0.1, -0.05) is 0 Å². The fourth-order valence-corrected chi connectivity index (χ4v) is 2.19. The zero-order valence-corrected chi connectivity index (χ0v) is 6.47. The summed E-state index contributed by atoms with van der Waals surface area (Å²) in [4.78, 5) is 10.5. The highest BCUT2D eigenvalue weighted by atomic mass is 32.2. The molecule has 0 aliphatic carbocycles. The van der Waals surface area contributed by atoms with Crippen molar-refractivity contribution in [2.45, 2.75) is 12.6 Å². The zero-order chi connectivity index (χ0) is 8.48. The summed E-state index contributed by atoms with van der Waals surface area (Å²) >= 11 is 1.41. The fourth-order valence-electron chi connectivity index (χ4n) is 0.973. The Morgan fingerprint density at radius 2 is 2.09 bits per heavy atom. The molecule has 1 rings (SSSR count). The van der Waals surface area contributed by atoms with Crippen molar-refractivity contribution in [3.63, 3.8) is 0 Å². The van der Waals surface area contributed by atoms with Gasteiger partial charge in [0.15, 0.2) is 0 Å². The summed E-state index contributed by atoms with van der Waals surface area (Å²) in [6, 6.07) is 0. The molecule has 64 valence electrons. The van der Waals surface area contributed by atoms with E-state index in [4.69, 9.17) is 0 Å². The molecule has 1 heterocycles. The number of thioether (sulfide) groups is 1. The summed E-state index contributed by atoms with van der Waals surface area (Å²) in [6.07, 6.45) is -4.25. The second-order valence-electron chi connectivity index (χ2n) is 2.42. The van der Waals surface area contributed by atoms with Crippen molar-refractivity contribution in [1.29, 1.82) is 0 Å². The van der Waals surface area contributed by atoms with Crippen LogP contribution in [0.25, 0.3) is 0 Å². The third kappa shape index (κ3) is 2.12. The van der Waals surface area contributed by atoms with Gasteiger partial charge in [0, 0.05) is 11.7 Å². The Hall–Kier alpha value is -0.190. The SMILES string of the molecule is O=C(C1CCSC1)C(F)(F)F. The minimum Gasteiger partial charge on any atom is -0.289 e. The molecule has 0 aromatic heterocycles. The van der Waals surface area contributed by atoms with E-state index in [1.165, 1.54) is 11.8 Å². The van der Waals surface area contributed by atoms with E-state index in [0.29, 0.717) is 17.9 Å². The number of carbonyl (C=O) groups is 1. The number of Topliss-reactive ketones (excluding diaryl/α,β-unsaturated/α-hetero) is 1. The highest BCUT2D eigenvalue weighted by Gasteiger charge is 2.43. The molecule has 1 aliphatic rings. The van der Waals surface area contributed by atoms with Gasteiger partial charge in [0.05, 0.1) is 0 Å². The van der Waals surface area contributed by atoms with Crippen LogP contribution in [0.2, 0.25) is 0 Å². The van der Waals surface area contributed by atoms with Crippen LogP contribution in [0.3, 0.4) is 0 Å². The highest BCUT2D eigenvalue weighted by Crippen LogP contribution is 2.30. The van der Waals surface area contributed by atoms with Crippen LogP contribution in [0.15, 0.2) is 0 Å². The first-order valence-corrected chi connectivity index (χ1v) is 4.36. The third-order valence-corrected chi connectivity index (χ3v) is 2.74. The van der Waals surface area contributed by atoms with Crippen LogP contribution in [0.4, 0.5) is 13.2 Å². The molecule has 0 amide bonds. The Bertz CT molecular complexity index is 160. The molecule has 11 heavy (non-hydrogen) atoms. The minimum absolute atomic E-state index is 0.332. The van der Waals surface area contributed by atoms with Crippen molar-refractivity contribution < 1.29 is 18.0 Å². The summed E-state index contributed by atoms with van der Waals surface area (Å²) < 4.78 is 35.2. The molecular formula is C6H7F3OS. The standard InChI is InChI=1S/C6H7F3OS/c7-6(8,9)5(10)4-1-2-11-3-4/h4H,1-3H2. The van der Waals surface area contributed by atoms with Crippen LogP contribution >= 0.6 is 11.8 Å². The maximum atomic E-state index is 11.7. The number of carbonyl (C=O) groups excluding carboxylic acids is 1. The molecule has 0 bridgehead atoms. The Morgan fingerprint density at radius 3 is 2.45 bits per heavy atom. The molecule has 0 aromatic rings. The molecule has 1 unspecified atom stereocenters. The van der Waals surface area contributed by atoms with Crippen molar-refractivity contribution in [2.24, 2.45) is 5.92 Å². The van der Waals surface area contributed by atoms with Gasteiger partial charge in [-0.25, -0.2) is 0 Å². The van der Waals surface area contributed by atoms with E-state index < -0.39 is 17.9 Å². The van der Waals surface area contributed by atoms with Gasteiger partial charge >= 0.3 is 6.18 Å². The summed E-state index contributed by atoms with van der Waals surface area (Å²) in [5, 5.41) is 0. The maximum absolute atomic E-state index is 11.7.